The second kappa shape index (κ2) is 3.84. The number of rotatable bonds is 3. The summed E-state index contributed by atoms with van der Waals surface area (Å²) in [6.45, 7) is 3.65. The maximum Gasteiger partial charge on any atom is 0.352 e. The van der Waals surface area contributed by atoms with Gasteiger partial charge in [-0.2, -0.15) is 0 Å². The molecule has 5 nitrogen and oxygen atoms in total. The van der Waals surface area contributed by atoms with Crippen molar-refractivity contribution in [2.45, 2.75) is 19.9 Å². The van der Waals surface area contributed by atoms with Gasteiger partial charge in [0.25, 0.3) is 0 Å². The first-order chi connectivity index (χ1) is 7.59. The van der Waals surface area contributed by atoms with Crippen LogP contribution in [0.3, 0.4) is 0 Å². The van der Waals surface area contributed by atoms with Gasteiger partial charge in [-0.1, -0.05) is 0 Å². The first kappa shape index (κ1) is 10.5. The lowest BCUT2D eigenvalue weighted by molar-refractivity contribution is 0.0683. The van der Waals surface area contributed by atoms with Crippen molar-refractivity contribution in [3.05, 3.63) is 41.9 Å². The van der Waals surface area contributed by atoms with Crippen molar-refractivity contribution in [1.82, 2.24) is 9.55 Å². The molecule has 0 saturated heterocycles. The fourth-order valence-corrected chi connectivity index (χ4v) is 1.60. The fraction of sp³-hybridized carbons (Fsp3) is 0.273. The quantitative estimate of drug-likeness (QED) is 0.859. The van der Waals surface area contributed by atoms with Gasteiger partial charge in [0.2, 0.25) is 5.89 Å². The summed E-state index contributed by atoms with van der Waals surface area (Å²) < 4.78 is 7.00. The Morgan fingerprint density at radius 3 is 2.94 bits per heavy atom. The molecule has 0 amide bonds. The largest absolute Gasteiger partial charge is 0.477 e. The molecule has 16 heavy (non-hydrogen) atoms. The molecule has 1 N–H and O–H groups in total. The molecule has 84 valence electrons. The molecule has 0 aliphatic heterocycles. The minimum atomic E-state index is -0.958. The molecule has 5 heteroatoms. The lowest BCUT2D eigenvalue weighted by Crippen LogP contribution is -2.13. The average Bonchev–Trinajstić information content (AvgIpc) is 2.84. The SMILES string of the molecule is Cc1cnc(C(C)n2cccc2C(=O)O)o1. The number of carboxylic acids is 1. The van der Waals surface area contributed by atoms with E-state index in [2.05, 4.69) is 4.98 Å². The summed E-state index contributed by atoms with van der Waals surface area (Å²) in [4.78, 5) is 15.0. The maximum absolute atomic E-state index is 11.0. The number of aromatic carboxylic acids is 1. The topological polar surface area (TPSA) is 68.3 Å². The molecule has 2 heterocycles. The Hall–Kier alpha value is -2.04. The average molecular weight is 220 g/mol. The Morgan fingerprint density at radius 2 is 2.38 bits per heavy atom. The highest BCUT2D eigenvalue weighted by Gasteiger charge is 2.18. The Morgan fingerprint density at radius 1 is 1.62 bits per heavy atom. The van der Waals surface area contributed by atoms with Crippen LogP contribution in [0, 0.1) is 6.92 Å². The van der Waals surface area contributed by atoms with E-state index in [0.29, 0.717) is 11.7 Å². The molecular weight excluding hydrogens is 208 g/mol. The monoisotopic (exact) mass is 220 g/mol. The van der Waals surface area contributed by atoms with E-state index in [0.717, 1.165) is 0 Å². The predicted molar refractivity (Wildman–Crippen MR) is 56.4 cm³/mol. The zero-order chi connectivity index (χ0) is 11.7. The minimum Gasteiger partial charge on any atom is -0.477 e. The van der Waals surface area contributed by atoms with Gasteiger partial charge in [0.1, 0.15) is 17.5 Å². The Balaban J connectivity index is 2.37. The van der Waals surface area contributed by atoms with Crippen molar-refractivity contribution in [1.29, 1.82) is 0 Å². The van der Waals surface area contributed by atoms with Gasteiger partial charge in [-0.3, -0.25) is 0 Å². The zero-order valence-electron chi connectivity index (χ0n) is 9.04. The first-order valence-electron chi connectivity index (χ1n) is 4.92. The van der Waals surface area contributed by atoms with E-state index in [9.17, 15) is 4.79 Å². The predicted octanol–water partition coefficient (Wildman–Crippen LogP) is 2.09. The summed E-state index contributed by atoms with van der Waals surface area (Å²) in [5.41, 5.74) is 0.225. The lowest BCUT2D eigenvalue weighted by Gasteiger charge is -2.11. The summed E-state index contributed by atoms with van der Waals surface area (Å²) in [5.74, 6) is 0.266. The number of hydrogen-bond donors (Lipinski definition) is 1. The smallest absolute Gasteiger partial charge is 0.352 e. The van der Waals surface area contributed by atoms with E-state index in [1.54, 1.807) is 36.0 Å². The van der Waals surface area contributed by atoms with Crippen molar-refractivity contribution >= 4 is 5.97 Å². The molecule has 0 aliphatic carbocycles. The highest BCUT2D eigenvalue weighted by molar-refractivity contribution is 5.85. The van der Waals surface area contributed by atoms with Crippen LogP contribution >= 0.6 is 0 Å². The number of carbonyl (C=O) groups is 1. The number of aromatic nitrogens is 2. The van der Waals surface area contributed by atoms with Gasteiger partial charge in [0.15, 0.2) is 0 Å². The lowest BCUT2D eigenvalue weighted by atomic mass is 10.3. The molecule has 2 rings (SSSR count). The van der Waals surface area contributed by atoms with Crippen molar-refractivity contribution in [3.63, 3.8) is 0 Å². The van der Waals surface area contributed by atoms with Gasteiger partial charge in [-0.15, -0.1) is 0 Å². The molecule has 1 atom stereocenters. The molecule has 0 fully saturated rings. The van der Waals surface area contributed by atoms with Crippen molar-refractivity contribution in [2.24, 2.45) is 0 Å². The molecule has 2 aromatic heterocycles. The molecule has 0 saturated carbocycles. The van der Waals surface area contributed by atoms with Gasteiger partial charge < -0.3 is 14.1 Å². The second-order valence-electron chi connectivity index (χ2n) is 3.59. The summed E-state index contributed by atoms with van der Waals surface area (Å²) >= 11 is 0. The Bertz CT molecular complexity index is 513. The number of aryl methyl sites for hydroxylation is 1. The van der Waals surface area contributed by atoms with Crippen LogP contribution in [-0.2, 0) is 0 Å². The molecule has 0 aliphatic rings. The standard InChI is InChI=1S/C11H12N2O3/c1-7-6-12-10(16-7)8(2)13-5-3-4-9(13)11(14)15/h3-6,8H,1-2H3,(H,14,15). The van der Waals surface area contributed by atoms with Crippen LogP contribution in [0.1, 0.15) is 35.1 Å². The molecule has 0 radical (unpaired) electrons. The summed E-state index contributed by atoms with van der Waals surface area (Å²) in [7, 11) is 0. The maximum atomic E-state index is 11.0. The molecule has 2 aromatic rings. The van der Waals surface area contributed by atoms with Crippen LogP contribution in [0.15, 0.2) is 28.9 Å². The number of hydrogen-bond acceptors (Lipinski definition) is 3. The van der Waals surface area contributed by atoms with E-state index in [1.807, 2.05) is 6.92 Å². The van der Waals surface area contributed by atoms with Crippen LogP contribution in [0.5, 0.6) is 0 Å². The second-order valence-corrected chi connectivity index (χ2v) is 3.59. The first-order valence-corrected chi connectivity index (χ1v) is 4.92. The van der Waals surface area contributed by atoms with Crippen LogP contribution < -0.4 is 0 Å². The van der Waals surface area contributed by atoms with Crippen LogP contribution in [0.4, 0.5) is 0 Å². The van der Waals surface area contributed by atoms with E-state index < -0.39 is 5.97 Å². The van der Waals surface area contributed by atoms with Gasteiger partial charge in [0.05, 0.1) is 6.20 Å². The fourth-order valence-electron chi connectivity index (χ4n) is 1.60. The third-order valence-electron chi connectivity index (χ3n) is 2.41. The van der Waals surface area contributed by atoms with Crippen molar-refractivity contribution in [3.8, 4) is 0 Å². The van der Waals surface area contributed by atoms with Crippen molar-refractivity contribution in [2.75, 3.05) is 0 Å². The molecular formula is C11H12N2O3. The molecule has 0 aromatic carbocycles. The molecule has 0 spiro atoms. The third-order valence-corrected chi connectivity index (χ3v) is 2.41. The van der Waals surface area contributed by atoms with Gasteiger partial charge in [-0.25, -0.2) is 9.78 Å². The molecule has 1 unspecified atom stereocenters. The number of carboxylic acid groups (broad SMARTS) is 1. The van der Waals surface area contributed by atoms with E-state index >= 15 is 0 Å². The molecule has 0 bridgehead atoms. The summed E-state index contributed by atoms with van der Waals surface area (Å²) in [6.07, 6.45) is 3.32. The van der Waals surface area contributed by atoms with Crippen molar-refractivity contribution < 1.29 is 14.3 Å². The normalized spacial score (nSPS) is 12.6. The minimum absolute atomic E-state index is 0.225. The number of nitrogens with zero attached hydrogens (tertiary/aromatic N) is 2. The highest BCUT2D eigenvalue weighted by atomic mass is 16.4. The summed E-state index contributed by atoms with van der Waals surface area (Å²) in [6, 6.07) is 3.01. The Kier molecular flexibility index (Phi) is 2.52. The van der Waals surface area contributed by atoms with Crippen LogP contribution in [-0.4, -0.2) is 20.6 Å². The van der Waals surface area contributed by atoms with Gasteiger partial charge in [-0.05, 0) is 26.0 Å². The third kappa shape index (κ3) is 1.71. The number of oxazole rings is 1. The zero-order valence-corrected chi connectivity index (χ0v) is 9.04. The van der Waals surface area contributed by atoms with Crippen LogP contribution in [0.2, 0.25) is 0 Å². The van der Waals surface area contributed by atoms with Crippen LogP contribution in [0.25, 0.3) is 0 Å². The summed E-state index contributed by atoms with van der Waals surface area (Å²) in [5, 5.41) is 8.98. The van der Waals surface area contributed by atoms with Gasteiger partial charge >= 0.3 is 5.97 Å². The Labute approximate surface area is 92.3 Å². The van der Waals surface area contributed by atoms with Gasteiger partial charge in [0, 0.05) is 6.20 Å². The van der Waals surface area contributed by atoms with E-state index in [4.69, 9.17) is 9.52 Å². The highest BCUT2D eigenvalue weighted by Crippen LogP contribution is 2.20. The van der Waals surface area contributed by atoms with E-state index in [1.165, 1.54) is 0 Å². The van der Waals surface area contributed by atoms with E-state index in [-0.39, 0.29) is 11.7 Å².